The van der Waals surface area contributed by atoms with Crippen molar-refractivity contribution in [3.8, 4) is 0 Å². The van der Waals surface area contributed by atoms with Crippen LogP contribution in [0.4, 0.5) is 19.0 Å². The van der Waals surface area contributed by atoms with Crippen LogP contribution in [0.15, 0.2) is 66.4 Å². The molecule has 7 nitrogen and oxygen atoms in total. The monoisotopic (exact) mass is 505 g/mol. The molecule has 0 fully saturated rings. The number of halogens is 3. The molecule has 0 aliphatic carbocycles. The third-order valence-corrected chi connectivity index (χ3v) is 5.52. The Morgan fingerprint density at radius 1 is 1.28 bits per heavy atom. The summed E-state index contributed by atoms with van der Waals surface area (Å²) >= 11 is 0. The standard InChI is InChI=1S/C16H21N5O2.C10H13F3/c1-10(21(2)14(22)8-17)16(23)20-9-11-3-4-13-12(7-11)5-6-19-15(13)18;1-4-8(5-2)7-9(6-3)10(11,12)13/h3-7,10H,8-9,17H2,1-2H3,(H2,18,19)(H,20,23);4,6-7H,3,5H2,1-2H3/b;8-4-,9-7+. The largest absolute Gasteiger partial charge is 0.416 e. The van der Waals surface area contributed by atoms with Crippen molar-refractivity contribution in [2.45, 2.75) is 46.0 Å². The van der Waals surface area contributed by atoms with Gasteiger partial charge in [-0.05, 0) is 49.4 Å². The van der Waals surface area contributed by atoms with Crippen molar-refractivity contribution >= 4 is 28.4 Å². The summed E-state index contributed by atoms with van der Waals surface area (Å²) in [7, 11) is 1.56. The van der Waals surface area contributed by atoms with Gasteiger partial charge in [0.25, 0.3) is 0 Å². The lowest BCUT2D eigenvalue weighted by molar-refractivity contribution is -0.137. The van der Waals surface area contributed by atoms with Crippen LogP contribution in [0.2, 0.25) is 0 Å². The van der Waals surface area contributed by atoms with Gasteiger partial charge in [-0.3, -0.25) is 9.59 Å². The third kappa shape index (κ3) is 8.84. The first kappa shape index (κ1) is 30.4. The molecule has 1 heterocycles. The molecular formula is C26H34F3N5O2. The van der Waals surface area contributed by atoms with Gasteiger partial charge in [-0.1, -0.05) is 43.4 Å². The molecule has 0 saturated heterocycles. The fraction of sp³-hybridized carbons (Fsp3) is 0.346. The quantitative estimate of drug-likeness (QED) is 0.464. The van der Waals surface area contributed by atoms with E-state index in [0.717, 1.165) is 28.5 Å². The van der Waals surface area contributed by atoms with Crippen LogP contribution in [0, 0.1) is 0 Å². The maximum Gasteiger partial charge on any atom is 0.416 e. The van der Waals surface area contributed by atoms with Gasteiger partial charge in [-0.15, -0.1) is 0 Å². The Kier molecular flexibility index (Phi) is 11.8. The zero-order chi connectivity index (χ0) is 27.5. The summed E-state index contributed by atoms with van der Waals surface area (Å²) in [5.74, 6) is -0.0291. The number of aromatic nitrogens is 1. The van der Waals surface area contributed by atoms with Gasteiger partial charge in [0.1, 0.15) is 11.9 Å². The van der Waals surface area contributed by atoms with Gasteiger partial charge in [0.05, 0.1) is 12.1 Å². The average Bonchev–Trinajstić information content (AvgIpc) is 2.86. The van der Waals surface area contributed by atoms with Gasteiger partial charge in [-0.2, -0.15) is 13.2 Å². The Balaban J connectivity index is 0.000000426. The highest BCUT2D eigenvalue weighted by atomic mass is 19.4. The van der Waals surface area contributed by atoms with Crippen molar-refractivity contribution < 1.29 is 22.8 Å². The normalized spacial score (nSPS) is 12.9. The van der Waals surface area contributed by atoms with Crippen LogP contribution in [0.25, 0.3) is 10.8 Å². The second kappa shape index (κ2) is 14.0. The fourth-order valence-corrected chi connectivity index (χ4v) is 3.08. The number of fused-ring (bicyclic) bond motifs is 1. The summed E-state index contributed by atoms with van der Waals surface area (Å²) in [5, 5.41) is 4.66. The summed E-state index contributed by atoms with van der Waals surface area (Å²) in [6.07, 6.45) is 1.55. The molecule has 1 aromatic heterocycles. The number of nitrogen functional groups attached to an aromatic ring is 1. The molecule has 1 atom stereocenters. The van der Waals surface area contributed by atoms with E-state index in [0.29, 0.717) is 24.4 Å². The van der Waals surface area contributed by atoms with Crippen LogP contribution in [0.1, 0.15) is 32.8 Å². The molecule has 2 rings (SSSR count). The zero-order valence-electron chi connectivity index (χ0n) is 21.0. The minimum atomic E-state index is -4.30. The predicted octanol–water partition coefficient (Wildman–Crippen LogP) is 4.26. The number of carbonyl (C=O) groups excluding carboxylic acids is 2. The topological polar surface area (TPSA) is 114 Å². The first-order valence-electron chi connectivity index (χ1n) is 11.3. The molecule has 2 amide bonds. The van der Waals surface area contributed by atoms with Crippen molar-refractivity contribution in [1.29, 1.82) is 0 Å². The minimum Gasteiger partial charge on any atom is -0.383 e. The van der Waals surface area contributed by atoms with Crippen molar-refractivity contribution in [2.75, 3.05) is 19.3 Å². The molecule has 0 radical (unpaired) electrons. The molecule has 2 aromatic rings. The summed E-state index contributed by atoms with van der Waals surface area (Å²) in [4.78, 5) is 29.0. The number of nitrogens with two attached hydrogens (primary N) is 2. The minimum absolute atomic E-state index is 0.117. The lowest BCUT2D eigenvalue weighted by Crippen LogP contribution is -2.47. The number of hydrogen-bond acceptors (Lipinski definition) is 5. The average molecular weight is 506 g/mol. The molecule has 0 aliphatic heterocycles. The number of pyridine rings is 1. The van der Waals surface area contributed by atoms with E-state index in [9.17, 15) is 22.8 Å². The van der Waals surface area contributed by atoms with E-state index in [-0.39, 0.29) is 18.4 Å². The predicted molar refractivity (Wildman–Crippen MR) is 138 cm³/mol. The van der Waals surface area contributed by atoms with Gasteiger partial charge >= 0.3 is 6.18 Å². The second-order valence-electron chi connectivity index (χ2n) is 7.87. The number of nitrogens with zero attached hydrogens (tertiary/aromatic N) is 2. The Labute approximate surface area is 209 Å². The lowest BCUT2D eigenvalue weighted by atomic mass is 10.1. The van der Waals surface area contributed by atoms with Gasteiger partial charge in [0.2, 0.25) is 11.8 Å². The second-order valence-corrected chi connectivity index (χ2v) is 7.87. The van der Waals surface area contributed by atoms with Gasteiger partial charge < -0.3 is 21.7 Å². The summed E-state index contributed by atoms with van der Waals surface area (Å²) < 4.78 is 36.6. The SMILES string of the molecule is C=C/C(=C\C(=C/C)CC)C(F)(F)F.CC(C(=O)NCc1ccc2c(N)nccc2c1)N(C)C(=O)CN. The van der Waals surface area contributed by atoms with Crippen LogP contribution in [-0.4, -0.2) is 47.5 Å². The van der Waals surface area contributed by atoms with Gasteiger partial charge in [-0.25, -0.2) is 4.98 Å². The highest BCUT2D eigenvalue weighted by molar-refractivity contribution is 5.91. The number of anilines is 1. The number of nitrogens with one attached hydrogen (secondary N) is 1. The third-order valence-electron chi connectivity index (χ3n) is 5.52. The Morgan fingerprint density at radius 3 is 2.47 bits per heavy atom. The molecule has 5 N–H and O–H groups in total. The van der Waals surface area contributed by atoms with Gasteiger partial charge in [0, 0.05) is 25.2 Å². The number of benzene rings is 1. The summed E-state index contributed by atoms with van der Waals surface area (Å²) in [6, 6.07) is 7.01. The smallest absolute Gasteiger partial charge is 0.383 e. The summed E-state index contributed by atoms with van der Waals surface area (Å²) in [6.45, 7) is 8.57. The molecule has 36 heavy (non-hydrogen) atoms. The maximum atomic E-state index is 12.2. The summed E-state index contributed by atoms with van der Waals surface area (Å²) in [5.41, 5.74) is 12.0. The molecule has 196 valence electrons. The van der Waals surface area contributed by atoms with E-state index in [1.807, 2.05) is 31.2 Å². The Hall–Kier alpha value is -3.66. The van der Waals surface area contributed by atoms with Crippen molar-refractivity contribution in [2.24, 2.45) is 5.73 Å². The maximum absolute atomic E-state index is 12.2. The van der Waals surface area contributed by atoms with Crippen LogP contribution in [-0.2, 0) is 16.1 Å². The first-order valence-corrected chi connectivity index (χ1v) is 11.3. The first-order chi connectivity index (χ1) is 16.9. The molecule has 0 spiro atoms. The van der Waals surface area contributed by atoms with Crippen molar-refractivity contribution in [3.63, 3.8) is 0 Å². The highest BCUT2D eigenvalue weighted by Crippen LogP contribution is 2.27. The van der Waals surface area contributed by atoms with Crippen molar-refractivity contribution in [1.82, 2.24) is 15.2 Å². The molecule has 1 aromatic carbocycles. The van der Waals surface area contributed by atoms with Crippen LogP contribution in [0.3, 0.4) is 0 Å². The Morgan fingerprint density at radius 2 is 1.94 bits per heavy atom. The van der Waals surface area contributed by atoms with Crippen LogP contribution >= 0.6 is 0 Å². The van der Waals surface area contributed by atoms with E-state index in [2.05, 4.69) is 16.9 Å². The van der Waals surface area contributed by atoms with E-state index < -0.39 is 17.8 Å². The number of allylic oxidation sites excluding steroid dienone is 5. The highest BCUT2D eigenvalue weighted by Gasteiger charge is 2.31. The molecule has 1 unspecified atom stereocenters. The molecule has 0 aliphatic rings. The fourth-order valence-electron chi connectivity index (χ4n) is 3.08. The van der Waals surface area contributed by atoms with Crippen molar-refractivity contribution in [3.05, 3.63) is 72.0 Å². The van der Waals surface area contributed by atoms with E-state index in [1.165, 1.54) is 4.90 Å². The number of rotatable bonds is 8. The van der Waals surface area contributed by atoms with Crippen LogP contribution in [0.5, 0.6) is 0 Å². The number of likely N-dealkylation sites (N-methyl/N-ethyl adjacent to an activating group) is 1. The Bertz CT molecular complexity index is 1130. The van der Waals surface area contributed by atoms with E-state index in [1.54, 1.807) is 33.2 Å². The number of alkyl halides is 3. The van der Waals surface area contributed by atoms with Crippen LogP contribution < -0.4 is 16.8 Å². The molecule has 10 heteroatoms. The van der Waals surface area contributed by atoms with E-state index >= 15 is 0 Å². The lowest BCUT2D eigenvalue weighted by Gasteiger charge is -2.23. The molecule has 0 bridgehead atoms. The number of carbonyl (C=O) groups is 2. The van der Waals surface area contributed by atoms with E-state index in [4.69, 9.17) is 11.5 Å². The number of amides is 2. The zero-order valence-corrected chi connectivity index (χ0v) is 21.0. The molecule has 0 saturated carbocycles. The van der Waals surface area contributed by atoms with Gasteiger partial charge in [0.15, 0.2) is 0 Å². The molecular weight excluding hydrogens is 471 g/mol. The number of hydrogen-bond donors (Lipinski definition) is 3.